The van der Waals surface area contributed by atoms with Crippen LogP contribution in [0.4, 0.5) is 15.8 Å². The van der Waals surface area contributed by atoms with Crippen molar-refractivity contribution < 1.29 is 4.39 Å². The normalized spacial score (nSPS) is 9.79. The molecule has 0 aliphatic carbocycles. The molecule has 0 spiro atoms. The zero-order valence-electron chi connectivity index (χ0n) is 7.44. The lowest BCUT2D eigenvalue weighted by Gasteiger charge is -2.05. The Hall–Kier alpha value is -1.90. The third kappa shape index (κ3) is 1.88. The lowest BCUT2D eigenvalue weighted by Crippen LogP contribution is -1.94. The highest BCUT2D eigenvalue weighted by molar-refractivity contribution is 5.58. The van der Waals surface area contributed by atoms with Crippen molar-refractivity contribution in [3.63, 3.8) is 0 Å². The monoisotopic (exact) mass is 188 g/mol. The van der Waals surface area contributed by atoms with Gasteiger partial charge in [0, 0.05) is 11.9 Å². The molecule has 0 aliphatic heterocycles. The van der Waals surface area contributed by atoms with Gasteiger partial charge in [-0.2, -0.15) is 4.39 Å². The van der Waals surface area contributed by atoms with E-state index >= 15 is 0 Å². The maximum absolute atomic E-state index is 13.1. The summed E-state index contributed by atoms with van der Waals surface area (Å²) in [5.74, 6) is -0.489. The van der Waals surface area contributed by atoms with Gasteiger partial charge >= 0.3 is 0 Å². The number of nitrogens with one attached hydrogen (secondary N) is 1. The summed E-state index contributed by atoms with van der Waals surface area (Å²) in [5.41, 5.74) is 1.23. The van der Waals surface area contributed by atoms with Gasteiger partial charge in [-0.15, -0.1) is 0 Å². The molecule has 1 N–H and O–H groups in total. The topological polar surface area (TPSA) is 24.9 Å². The van der Waals surface area contributed by atoms with E-state index in [1.54, 1.807) is 12.1 Å². The molecular weight excluding hydrogens is 179 g/mol. The molecule has 1 aromatic carbocycles. The molecule has 0 bridgehead atoms. The van der Waals surface area contributed by atoms with Crippen LogP contribution in [0.1, 0.15) is 0 Å². The van der Waals surface area contributed by atoms with E-state index in [1.165, 1.54) is 6.20 Å². The lowest BCUT2D eigenvalue weighted by molar-refractivity contribution is 0.588. The van der Waals surface area contributed by atoms with Crippen molar-refractivity contribution >= 4 is 11.4 Å². The fourth-order valence-electron chi connectivity index (χ4n) is 1.16. The summed E-state index contributed by atoms with van der Waals surface area (Å²) >= 11 is 0. The maximum atomic E-state index is 13.1. The third-order valence-corrected chi connectivity index (χ3v) is 1.81. The van der Waals surface area contributed by atoms with Crippen LogP contribution in [0, 0.1) is 5.95 Å². The molecule has 0 fully saturated rings. The summed E-state index contributed by atoms with van der Waals surface area (Å²) in [7, 11) is 0. The fraction of sp³-hybridized carbons (Fsp3) is 0. The first-order valence-corrected chi connectivity index (χ1v) is 4.29. The summed E-state index contributed by atoms with van der Waals surface area (Å²) in [6.45, 7) is 0. The molecule has 14 heavy (non-hydrogen) atoms. The van der Waals surface area contributed by atoms with Gasteiger partial charge in [0.1, 0.15) is 0 Å². The third-order valence-electron chi connectivity index (χ3n) is 1.81. The number of aromatic nitrogens is 1. The second-order valence-corrected chi connectivity index (χ2v) is 2.83. The summed E-state index contributed by atoms with van der Waals surface area (Å²) in [5, 5.41) is 2.93. The average molecular weight is 188 g/mol. The Kier molecular flexibility index (Phi) is 2.40. The number of pyridine rings is 1. The quantitative estimate of drug-likeness (QED) is 0.733. The molecule has 2 nitrogen and oxygen atoms in total. The van der Waals surface area contributed by atoms with E-state index in [9.17, 15) is 4.39 Å². The van der Waals surface area contributed by atoms with Crippen molar-refractivity contribution in [2.24, 2.45) is 0 Å². The van der Waals surface area contributed by atoms with Crippen LogP contribution in [0.25, 0.3) is 0 Å². The molecule has 70 valence electrons. The van der Waals surface area contributed by atoms with Crippen LogP contribution in [-0.4, -0.2) is 4.98 Å². The molecule has 1 heterocycles. The van der Waals surface area contributed by atoms with Gasteiger partial charge in [0.05, 0.1) is 5.69 Å². The van der Waals surface area contributed by atoms with Crippen LogP contribution in [-0.2, 0) is 0 Å². The van der Waals surface area contributed by atoms with Crippen LogP contribution in [0.15, 0.2) is 48.7 Å². The summed E-state index contributed by atoms with van der Waals surface area (Å²) < 4.78 is 13.1. The van der Waals surface area contributed by atoms with Gasteiger partial charge in [-0.1, -0.05) is 18.2 Å². The number of hydrogen-bond acceptors (Lipinski definition) is 2. The molecule has 1 aromatic heterocycles. The number of hydrogen-bond donors (Lipinski definition) is 1. The average Bonchev–Trinajstić information content (AvgIpc) is 2.23. The van der Waals surface area contributed by atoms with E-state index < -0.39 is 5.95 Å². The minimum atomic E-state index is -0.489. The first-order chi connectivity index (χ1) is 6.86. The molecule has 3 heteroatoms. The van der Waals surface area contributed by atoms with Crippen molar-refractivity contribution in [2.75, 3.05) is 5.32 Å². The first-order valence-electron chi connectivity index (χ1n) is 4.29. The molecule has 2 rings (SSSR count). The lowest BCUT2D eigenvalue weighted by atomic mass is 10.3. The van der Waals surface area contributed by atoms with E-state index in [0.29, 0.717) is 5.69 Å². The van der Waals surface area contributed by atoms with E-state index in [1.807, 2.05) is 30.3 Å². The number of benzene rings is 1. The Bertz CT molecular complexity index is 415. The molecule has 0 unspecified atom stereocenters. The second-order valence-electron chi connectivity index (χ2n) is 2.83. The van der Waals surface area contributed by atoms with Crippen molar-refractivity contribution in [3.05, 3.63) is 54.6 Å². The van der Waals surface area contributed by atoms with Gasteiger partial charge in [-0.05, 0) is 24.3 Å². The molecular formula is C11H9FN2. The highest BCUT2D eigenvalue weighted by atomic mass is 19.1. The van der Waals surface area contributed by atoms with Gasteiger partial charge in [0.25, 0.3) is 0 Å². The van der Waals surface area contributed by atoms with Crippen molar-refractivity contribution in [1.82, 2.24) is 4.98 Å². The number of halogens is 1. The molecule has 0 aliphatic rings. The number of rotatable bonds is 2. The van der Waals surface area contributed by atoms with E-state index in [0.717, 1.165) is 5.69 Å². The number of anilines is 2. The summed E-state index contributed by atoms with van der Waals surface area (Å²) in [6.07, 6.45) is 1.42. The molecule has 0 atom stereocenters. The van der Waals surface area contributed by atoms with Crippen molar-refractivity contribution in [3.8, 4) is 0 Å². The van der Waals surface area contributed by atoms with Gasteiger partial charge in [-0.3, -0.25) is 0 Å². The van der Waals surface area contributed by atoms with E-state index in [2.05, 4.69) is 10.3 Å². The summed E-state index contributed by atoms with van der Waals surface area (Å²) in [4.78, 5) is 3.55. The Morgan fingerprint density at radius 1 is 1.00 bits per heavy atom. The second kappa shape index (κ2) is 3.87. The SMILES string of the molecule is Fc1ncccc1Nc1ccccc1. The molecule has 2 aromatic rings. The zero-order chi connectivity index (χ0) is 9.80. The highest BCUT2D eigenvalue weighted by Crippen LogP contribution is 2.16. The summed E-state index contributed by atoms with van der Waals surface area (Å²) in [6, 6.07) is 12.8. The van der Waals surface area contributed by atoms with E-state index in [-0.39, 0.29) is 0 Å². The van der Waals surface area contributed by atoms with Crippen molar-refractivity contribution in [1.29, 1.82) is 0 Å². The largest absolute Gasteiger partial charge is 0.352 e. The van der Waals surface area contributed by atoms with Gasteiger partial charge in [-0.25, -0.2) is 4.98 Å². The van der Waals surface area contributed by atoms with Crippen LogP contribution in [0.3, 0.4) is 0 Å². The maximum Gasteiger partial charge on any atom is 0.236 e. The predicted octanol–water partition coefficient (Wildman–Crippen LogP) is 2.96. The minimum Gasteiger partial charge on any atom is -0.352 e. The minimum absolute atomic E-state index is 0.388. The Labute approximate surface area is 81.4 Å². The Morgan fingerprint density at radius 2 is 1.79 bits per heavy atom. The zero-order valence-corrected chi connectivity index (χ0v) is 7.44. The predicted molar refractivity (Wildman–Crippen MR) is 53.9 cm³/mol. The Morgan fingerprint density at radius 3 is 2.50 bits per heavy atom. The Balaban J connectivity index is 2.24. The number of para-hydroxylation sites is 1. The van der Waals surface area contributed by atoms with Crippen LogP contribution >= 0.6 is 0 Å². The van der Waals surface area contributed by atoms with Gasteiger partial charge < -0.3 is 5.32 Å². The van der Waals surface area contributed by atoms with Gasteiger partial charge in [0.15, 0.2) is 0 Å². The molecule has 0 saturated carbocycles. The standard InChI is InChI=1S/C11H9FN2/c12-11-10(7-4-8-13-11)14-9-5-2-1-3-6-9/h1-8,14H. The van der Waals surface area contributed by atoms with Crippen LogP contribution < -0.4 is 5.32 Å². The van der Waals surface area contributed by atoms with Crippen molar-refractivity contribution in [2.45, 2.75) is 0 Å². The number of nitrogens with zero attached hydrogens (tertiary/aromatic N) is 1. The highest BCUT2D eigenvalue weighted by Gasteiger charge is 2.00. The van der Waals surface area contributed by atoms with E-state index in [4.69, 9.17) is 0 Å². The van der Waals surface area contributed by atoms with Crippen LogP contribution in [0.2, 0.25) is 0 Å². The fourth-order valence-corrected chi connectivity index (χ4v) is 1.16. The molecule has 0 saturated heterocycles. The first kappa shape index (κ1) is 8.69. The molecule has 0 amide bonds. The smallest absolute Gasteiger partial charge is 0.236 e. The van der Waals surface area contributed by atoms with Crippen LogP contribution in [0.5, 0.6) is 0 Å². The van der Waals surface area contributed by atoms with Gasteiger partial charge in [0.2, 0.25) is 5.95 Å². The molecule has 0 radical (unpaired) electrons.